The summed E-state index contributed by atoms with van der Waals surface area (Å²) in [6.45, 7) is 10.1. The van der Waals surface area contributed by atoms with E-state index >= 15 is 0 Å². The first-order valence-electron chi connectivity index (χ1n) is 5.29. The fourth-order valence-electron chi connectivity index (χ4n) is 1.29. The van der Waals surface area contributed by atoms with Crippen molar-refractivity contribution in [3.8, 4) is 0 Å². The van der Waals surface area contributed by atoms with E-state index in [4.69, 9.17) is 4.74 Å². The highest BCUT2D eigenvalue weighted by Crippen LogP contribution is 2.23. The Kier molecular flexibility index (Phi) is 4.32. The molecule has 86 valence electrons. The van der Waals surface area contributed by atoms with E-state index in [-0.39, 0.29) is 5.60 Å². The molecule has 0 aliphatic heterocycles. The maximum absolute atomic E-state index is 5.77. The molecule has 0 saturated carbocycles. The average Bonchev–Trinajstić information content (AvgIpc) is 2.42. The van der Waals surface area contributed by atoms with Crippen molar-refractivity contribution in [3.63, 3.8) is 0 Å². The molecule has 0 amide bonds. The predicted octanol–water partition coefficient (Wildman–Crippen LogP) is 3.09. The summed E-state index contributed by atoms with van der Waals surface area (Å²) < 4.78 is 5.77. The van der Waals surface area contributed by atoms with Crippen LogP contribution in [0.4, 0.5) is 0 Å². The van der Waals surface area contributed by atoms with E-state index in [2.05, 4.69) is 39.1 Å². The quantitative estimate of drug-likeness (QED) is 0.853. The molecule has 0 bridgehead atoms. The van der Waals surface area contributed by atoms with Crippen LogP contribution in [0.2, 0.25) is 0 Å². The number of hydrogen-bond donors (Lipinski definition) is 1. The van der Waals surface area contributed by atoms with E-state index in [1.165, 1.54) is 15.3 Å². The van der Waals surface area contributed by atoms with Crippen molar-refractivity contribution in [2.75, 3.05) is 7.05 Å². The molecular weight excluding hydrogens is 206 g/mol. The first kappa shape index (κ1) is 12.7. The van der Waals surface area contributed by atoms with Gasteiger partial charge in [0.05, 0.1) is 12.2 Å². The number of aryl methyl sites for hydroxylation is 1. The molecule has 0 fully saturated rings. The van der Waals surface area contributed by atoms with Crippen LogP contribution in [0.1, 0.15) is 36.1 Å². The van der Waals surface area contributed by atoms with E-state index in [0.717, 1.165) is 13.2 Å². The second-order valence-corrected chi connectivity index (χ2v) is 6.07. The Balaban J connectivity index is 2.61. The summed E-state index contributed by atoms with van der Waals surface area (Å²) in [5, 5.41) is 3.17. The summed E-state index contributed by atoms with van der Waals surface area (Å²) in [7, 11) is 1.97. The molecule has 1 N–H and O–H groups in total. The van der Waals surface area contributed by atoms with Crippen molar-refractivity contribution in [3.05, 3.63) is 21.4 Å². The molecule has 0 spiro atoms. The number of thiophene rings is 1. The van der Waals surface area contributed by atoms with Gasteiger partial charge in [0.15, 0.2) is 0 Å². The first-order valence-corrected chi connectivity index (χ1v) is 6.11. The van der Waals surface area contributed by atoms with Gasteiger partial charge in [0, 0.05) is 16.3 Å². The van der Waals surface area contributed by atoms with Gasteiger partial charge >= 0.3 is 0 Å². The lowest BCUT2D eigenvalue weighted by Crippen LogP contribution is -2.18. The Morgan fingerprint density at radius 1 is 1.40 bits per heavy atom. The zero-order chi connectivity index (χ0) is 11.5. The predicted molar refractivity (Wildman–Crippen MR) is 66.4 cm³/mol. The van der Waals surface area contributed by atoms with E-state index in [1.54, 1.807) is 0 Å². The summed E-state index contributed by atoms with van der Waals surface area (Å²) >= 11 is 1.85. The van der Waals surface area contributed by atoms with Crippen LogP contribution in [0.25, 0.3) is 0 Å². The molecule has 1 aromatic heterocycles. The second-order valence-electron chi connectivity index (χ2n) is 4.73. The molecule has 0 saturated heterocycles. The first-order chi connectivity index (χ1) is 6.92. The standard InChI is InChI=1S/C12H21NOS/c1-9-10(8-14-12(2,3)4)6-11(15-9)7-13-5/h6,13H,7-8H2,1-5H3. The summed E-state index contributed by atoms with van der Waals surface area (Å²) in [5.74, 6) is 0. The Labute approximate surface area is 96.7 Å². The van der Waals surface area contributed by atoms with E-state index in [0.29, 0.717) is 0 Å². The highest BCUT2D eigenvalue weighted by Gasteiger charge is 2.12. The van der Waals surface area contributed by atoms with Gasteiger partial charge in [-0.1, -0.05) is 0 Å². The zero-order valence-corrected chi connectivity index (χ0v) is 11.1. The fraction of sp³-hybridized carbons (Fsp3) is 0.667. The number of ether oxygens (including phenoxy) is 1. The molecule has 0 unspecified atom stereocenters. The minimum Gasteiger partial charge on any atom is -0.371 e. The maximum Gasteiger partial charge on any atom is 0.0734 e. The monoisotopic (exact) mass is 227 g/mol. The number of rotatable bonds is 4. The van der Waals surface area contributed by atoms with E-state index < -0.39 is 0 Å². The van der Waals surface area contributed by atoms with Crippen molar-refractivity contribution in [1.29, 1.82) is 0 Å². The SMILES string of the molecule is CNCc1cc(COC(C)(C)C)c(C)s1. The van der Waals surface area contributed by atoms with Gasteiger partial charge < -0.3 is 10.1 Å². The van der Waals surface area contributed by atoms with Crippen molar-refractivity contribution in [2.45, 2.75) is 46.4 Å². The van der Waals surface area contributed by atoms with Gasteiger partial charge in [-0.05, 0) is 46.4 Å². The van der Waals surface area contributed by atoms with Crippen LogP contribution in [0.5, 0.6) is 0 Å². The van der Waals surface area contributed by atoms with Crippen molar-refractivity contribution >= 4 is 11.3 Å². The zero-order valence-electron chi connectivity index (χ0n) is 10.3. The molecular formula is C12H21NOS. The highest BCUT2D eigenvalue weighted by molar-refractivity contribution is 7.12. The lowest BCUT2D eigenvalue weighted by atomic mass is 10.2. The summed E-state index contributed by atoms with van der Waals surface area (Å²) in [5.41, 5.74) is 1.26. The molecule has 0 radical (unpaired) electrons. The third kappa shape index (κ3) is 4.33. The molecule has 0 atom stereocenters. The average molecular weight is 227 g/mol. The molecule has 0 aliphatic carbocycles. The molecule has 2 nitrogen and oxygen atoms in total. The molecule has 0 aromatic carbocycles. The molecule has 1 aromatic rings. The van der Waals surface area contributed by atoms with Crippen molar-refractivity contribution in [1.82, 2.24) is 5.32 Å². The number of hydrogen-bond acceptors (Lipinski definition) is 3. The van der Waals surface area contributed by atoms with Gasteiger partial charge in [-0.3, -0.25) is 0 Å². The summed E-state index contributed by atoms with van der Waals surface area (Å²) in [6.07, 6.45) is 0. The van der Waals surface area contributed by atoms with Crippen LogP contribution in [0.15, 0.2) is 6.07 Å². The van der Waals surface area contributed by atoms with Crippen LogP contribution in [-0.4, -0.2) is 12.6 Å². The Morgan fingerprint density at radius 3 is 2.60 bits per heavy atom. The van der Waals surface area contributed by atoms with Gasteiger partial charge in [0.1, 0.15) is 0 Å². The topological polar surface area (TPSA) is 21.3 Å². The van der Waals surface area contributed by atoms with Gasteiger partial charge in [0.2, 0.25) is 0 Å². The van der Waals surface area contributed by atoms with Crippen LogP contribution in [0.3, 0.4) is 0 Å². The number of nitrogens with one attached hydrogen (secondary N) is 1. The third-order valence-corrected chi connectivity index (χ3v) is 3.18. The molecule has 1 rings (SSSR count). The molecule has 0 aliphatic rings. The fourth-order valence-corrected chi connectivity index (χ4v) is 2.35. The second kappa shape index (κ2) is 5.10. The minimum atomic E-state index is -0.0580. The Bertz CT molecular complexity index is 312. The van der Waals surface area contributed by atoms with E-state index in [9.17, 15) is 0 Å². The summed E-state index contributed by atoms with van der Waals surface area (Å²) in [6, 6.07) is 2.24. The van der Waals surface area contributed by atoms with Crippen molar-refractivity contribution < 1.29 is 4.74 Å². The van der Waals surface area contributed by atoms with Gasteiger partial charge in [0.25, 0.3) is 0 Å². The summed E-state index contributed by atoms with van der Waals surface area (Å²) in [4.78, 5) is 2.74. The van der Waals surface area contributed by atoms with Crippen LogP contribution < -0.4 is 5.32 Å². The highest BCUT2D eigenvalue weighted by atomic mass is 32.1. The smallest absolute Gasteiger partial charge is 0.0734 e. The molecule has 15 heavy (non-hydrogen) atoms. The van der Waals surface area contributed by atoms with Gasteiger partial charge in [-0.2, -0.15) is 0 Å². The van der Waals surface area contributed by atoms with Gasteiger partial charge in [-0.15, -0.1) is 11.3 Å². The Hall–Kier alpha value is -0.380. The third-order valence-electron chi connectivity index (χ3n) is 2.08. The van der Waals surface area contributed by atoms with Crippen LogP contribution >= 0.6 is 11.3 Å². The largest absolute Gasteiger partial charge is 0.371 e. The van der Waals surface area contributed by atoms with Crippen LogP contribution in [0, 0.1) is 6.92 Å². The molecule has 3 heteroatoms. The normalized spacial score (nSPS) is 12.1. The van der Waals surface area contributed by atoms with Gasteiger partial charge in [-0.25, -0.2) is 0 Å². The van der Waals surface area contributed by atoms with E-state index in [1.807, 2.05) is 18.4 Å². The maximum atomic E-state index is 5.77. The lowest BCUT2D eigenvalue weighted by Gasteiger charge is -2.19. The molecule has 1 heterocycles. The Morgan fingerprint density at radius 2 is 2.07 bits per heavy atom. The minimum absolute atomic E-state index is 0.0580. The lowest BCUT2D eigenvalue weighted by molar-refractivity contribution is -0.0150. The van der Waals surface area contributed by atoms with Crippen LogP contribution in [-0.2, 0) is 17.9 Å². The van der Waals surface area contributed by atoms with Crippen molar-refractivity contribution in [2.24, 2.45) is 0 Å².